The van der Waals surface area contributed by atoms with E-state index >= 15 is 0 Å². The Hall–Kier alpha value is -4.19. The van der Waals surface area contributed by atoms with Gasteiger partial charge in [0.05, 0.1) is 23.9 Å². The largest absolute Gasteiger partial charge is 0.462 e. The Labute approximate surface area is 253 Å². The highest BCUT2D eigenvalue weighted by atomic mass is 16.5. The van der Waals surface area contributed by atoms with Crippen LogP contribution in [0.2, 0.25) is 0 Å². The molecule has 1 unspecified atom stereocenters. The molecule has 2 saturated heterocycles. The van der Waals surface area contributed by atoms with Crippen molar-refractivity contribution >= 4 is 11.7 Å². The van der Waals surface area contributed by atoms with E-state index in [9.17, 15) is 15.3 Å². The van der Waals surface area contributed by atoms with Crippen molar-refractivity contribution in [1.82, 2.24) is 30.0 Å². The molecular formula is C32H39N9O2. The number of nitriles is 2. The van der Waals surface area contributed by atoms with Crippen LogP contribution in [0.5, 0.6) is 6.01 Å². The fourth-order valence-corrected chi connectivity index (χ4v) is 6.98. The molecule has 4 heterocycles. The van der Waals surface area contributed by atoms with E-state index in [1.807, 2.05) is 18.3 Å². The molecule has 1 aliphatic carbocycles. The second kappa shape index (κ2) is 13.0. The monoisotopic (exact) mass is 581 g/mol. The number of aromatic nitrogens is 2. The molecule has 0 saturated carbocycles. The molecule has 4 aliphatic rings. The van der Waals surface area contributed by atoms with E-state index in [-0.39, 0.29) is 5.91 Å². The Morgan fingerprint density at radius 1 is 1.12 bits per heavy atom. The summed E-state index contributed by atoms with van der Waals surface area (Å²) in [7, 11) is 0. The van der Waals surface area contributed by atoms with Crippen LogP contribution in [-0.2, 0) is 30.6 Å². The molecule has 0 bridgehead atoms. The summed E-state index contributed by atoms with van der Waals surface area (Å²) in [5, 5.41) is 21.6. The molecule has 1 aromatic heterocycles. The van der Waals surface area contributed by atoms with E-state index in [1.54, 1.807) is 4.90 Å². The number of carbonyl (C=O) groups is 1. The van der Waals surface area contributed by atoms with Gasteiger partial charge >= 0.3 is 6.01 Å². The minimum Gasteiger partial charge on any atom is -0.462 e. The quantitative estimate of drug-likeness (QED) is 0.281. The average Bonchev–Trinajstić information content (AvgIpc) is 3.57. The molecular weight excluding hydrogens is 542 g/mol. The number of ether oxygens (including phenoxy) is 1. The van der Waals surface area contributed by atoms with Crippen molar-refractivity contribution in [3.8, 4) is 18.3 Å². The van der Waals surface area contributed by atoms with Gasteiger partial charge < -0.3 is 19.9 Å². The fraction of sp³-hybridized carbons (Fsp3) is 0.531. The van der Waals surface area contributed by atoms with E-state index in [0.29, 0.717) is 43.9 Å². The summed E-state index contributed by atoms with van der Waals surface area (Å²) in [4.78, 5) is 31.1. The van der Waals surface area contributed by atoms with Gasteiger partial charge in [-0.1, -0.05) is 12.6 Å². The number of piperazine rings is 1. The first kappa shape index (κ1) is 28.9. The summed E-state index contributed by atoms with van der Waals surface area (Å²) >= 11 is 0. The first-order valence-corrected chi connectivity index (χ1v) is 15.4. The zero-order valence-electron chi connectivity index (χ0n) is 24.7. The van der Waals surface area contributed by atoms with Crippen molar-refractivity contribution in [2.24, 2.45) is 0 Å². The van der Waals surface area contributed by atoms with Crippen molar-refractivity contribution in [2.75, 3.05) is 57.3 Å². The number of nitrogens with one attached hydrogen (secondary N) is 1. The first-order valence-electron chi connectivity index (χ1n) is 15.4. The maximum Gasteiger partial charge on any atom is 0.318 e. The van der Waals surface area contributed by atoms with Crippen LogP contribution in [0.1, 0.15) is 47.2 Å². The van der Waals surface area contributed by atoms with E-state index in [4.69, 9.17) is 14.7 Å². The number of nitrogens with zero attached hydrogens (tertiary/aromatic N) is 8. The number of hydrogen-bond donors (Lipinski definition) is 1. The van der Waals surface area contributed by atoms with E-state index < -0.39 is 6.17 Å². The zero-order valence-corrected chi connectivity index (χ0v) is 24.7. The smallest absolute Gasteiger partial charge is 0.318 e. The van der Waals surface area contributed by atoms with Gasteiger partial charge in [0.25, 0.3) is 0 Å². The van der Waals surface area contributed by atoms with Gasteiger partial charge in [0.15, 0.2) is 6.19 Å². The molecule has 2 atom stereocenters. The predicted octanol–water partition coefficient (Wildman–Crippen LogP) is 1.97. The van der Waals surface area contributed by atoms with Gasteiger partial charge in [-0.05, 0) is 74.5 Å². The molecule has 43 heavy (non-hydrogen) atoms. The van der Waals surface area contributed by atoms with Crippen LogP contribution in [0, 0.1) is 22.8 Å². The Morgan fingerprint density at radius 3 is 2.77 bits per heavy atom. The third-order valence-corrected chi connectivity index (χ3v) is 9.31. The number of carbonyl (C=O) groups excluding carboxylic acids is 1. The molecule has 3 aliphatic heterocycles. The topological polar surface area (TPSA) is 125 Å². The number of hydrogen-bond acceptors (Lipinski definition) is 10. The van der Waals surface area contributed by atoms with Crippen molar-refractivity contribution in [2.45, 2.75) is 57.3 Å². The lowest BCUT2D eigenvalue weighted by molar-refractivity contribution is -0.129. The highest BCUT2D eigenvalue weighted by Crippen LogP contribution is 2.34. The van der Waals surface area contributed by atoms with Crippen molar-refractivity contribution in [3.63, 3.8) is 0 Å². The Morgan fingerprint density at radius 2 is 1.98 bits per heavy atom. The van der Waals surface area contributed by atoms with Crippen LogP contribution in [0.4, 0.5) is 5.82 Å². The summed E-state index contributed by atoms with van der Waals surface area (Å²) in [5.41, 5.74) is 5.43. The molecule has 1 N–H and O–H groups in total. The summed E-state index contributed by atoms with van der Waals surface area (Å²) < 4.78 is 6.19. The van der Waals surface area contributed by atoms with Crippen LogP contribution >= 0.6 is 0 Å². The van der Waals surface area contributed by atoms with Crippen molar-refractivity contribution in [3.05, 3.63) is 58.8 Å². The van der Waals surface area contributed by atoms with Crippen LogP contribution in [0.15, 0.2) is 30.9 Å². The Kier molecular flexibility index (Phi) is 8.73. The molecule has 1 aromatic carbocycles. The predicted molar refractivity (Wildman–Crippen MR) is 161 cm³/mol. The lowest BCUT2D eigenvalue weighted by Crippen LogP contribution is -2.60. The number of likely N-dealkylation sites (tertiary alicyclic amines) is 1. The lowest BCUT2D eigenvalue weighted by Gasteiger charge is -2.42. The minimum atomic E-state index is -0.475. The van der Waals surface area contributed by atoms with Gasteiger partial charge in [-0.25, -0.2) is 0 Å². The number of fused-ring (bicyclic) bond motifs is 2. The van der Waals surface area contributed by atoms with Gasteiger partial charge in [-0.15, -0.1) is 0 Å². The van der Waals surface area contributed by atoms with Gasteiger partial charge in [0.1, 0.15) is 18.6 Å². The van der Waals surface area contributed by atoms with Crippen molar-refractivity contribution in [1.29, 1.82) is 10.5 Å². The van der Waals surface area contributed by atoms with Crippen LogP contribution in [0.3, 0.4) is 0 Å². The normalized spacial score (nSPS) is 22.2. The maximum atomic E-state index is 12.5. The highest BCUT2D eigenvalue weighted by Gasteiger charge is 2.35. The molecule has 6 rings (SSSR count). The molecule has 2 fully saturated rings. The second-order valence-corrected chi connectivity index (χ2v) is 11.8. The average molecular weight is 582 g/mol. The standard InChI is InChI=1S/C32H39N9O2/c1-2-30(42)41-14-13-40(21-29(41)35-22-34)31-27-8-7-26(39-12-9-24-6-5-23(19-33)17-25(24)20-39)18-28(27)36-32(37-31)43-16-15-38-10-3-4-11-38/h2,5-6,17,26,29,35H,1,3-4,7-16,18,20-21H2/t26?,29-/m1/s1. The molecule has 224 valence electrons. The highest BCUT2D eigenvalue weighted by molar-refractivity contribution is 5.87. The van der Waals surface area contributed by atoms with E-state index in [0.717, 1.165) is 75.5 Å². The van der Waals surface area contributed by atoms with Gasteiger partial charge in [0.2, 0.25) is 5.91 Å². The summed E-state index contributed by atoms with van der Waals surface area (Å²) in [6.07, 6.45) is 8.90. The van der Waals surface area contributed by atoms with Crippen LogP contribution in [0.25, 0.3) is 0 Å². The summed E-state index contributed by atoms with van der Waals surface area (Å²) in [5.74, 6) is 0.647. The third kappa shape index (κ3) is 6.29. The van der Waals surface area contributed by atoms with E-state index in [1.165, 1.54) is 30.0 Å². The summed E-state index contributed by atoms with van der Waals surface area (Å²) in [6.45, 7) is 10.5. The number of benzene rings is 1. The number of anilines is 1. The SMILES string of the molecule is C=CC(=O)N1CCN(c2nc(OCCN3CCCC3)nc3c2CCC(N2CCc4ccc(C#N)cc4C2)C3)C[C@@H]1NC#N. The first-order chi connectivity index (χ1) is 21.1. The molecule has 1 amide bonds. The third-order valence-electron chi connectivity index (χ3n) is 9.31. The minimum absolute atomic E-state index is 0.198. The van der Waals surface area contributed by atoms with Crippen LogP contribution < -0.4 is 15.0 Å². The second-order valence-electron chi connectivity index (χ2n) is 11.8. The summed E-state index contributed by atoms with van der Waals surface area (Å²) in [6, 6.07) is 9.06. The Balaban J connectivity index is 1.24. The lowest BCUT2D eigenvalue weighted by atomic mass is 9.88. The molecule has 0 radical (unpaired) electrons. The number of amides is 1. The zero-order chi connectivity index (χ0) is 29.8. The van der Waals surface area contributed by atoms with Gasteiger partial charge in [0, 0.05) is 50.7 Å². The van der Waals surface area contributed by atoms with Crippen molar-refractivity contribution < 1.29 is 9.53 Å². The van der Waals surface area contributed by atoms with Gasteiger partial charge in [-0.3, -0.25) is 14.6 Å². The molecule has 0 spiro atoms. The Bertz CT molecular complexity index is 1440. The molecule has 2 aromatic rings. The molecule has 11 heteroatoms. The number of rotatable bonds is 8. The fourth-order valence-electron chi connectivity index (χ4n) is 6.98. The maximum absolute atomic E-state index is 12.5. The van der Waals surface area contributed by atoms with Gasteiger partial charge in [-0.2, -0.15) is 20.5 Å². The molecule has 11 nitrogen and oxygen atoms in total. The van der Waals surface area contributed by atoms with Crippen LogP contribution in [-0.4, -0.2) is 95.2 Å². The van der Waals surface area contributed by atoms with E-state index in [2.05, 4.69) is 38.7 Å².